The van der Waals surface area contributed by atoms with Gasteiger partial charge in [0.25, 0.3) is 5.69 Å². The molecule has 1 aliphatic rings. The molecule has 3 aromatic rings. The molecule has 1 aromatic heterocycles. The van der Waals surface area contributed by atoms with Crippen LogP contribution in [-0.2, 0) is 6.42 Å². The van der Waals surface area contributed by atoms with Crippen LogP contribution in [0.4, 0.5) is 10.8 Å². The first-order valence-electron chi connectivity index (χ1n) is 10.0. The second kappa shape index (κ2) is 8.64. The monoisotopic (exact) mass is 456 g/mol. The zero-order chi connectivity index (χ0) is 23.0. The number of hydrogen-bond donors (Lipinski definition) is 2. The molecular formula is C22H24N4O5S. The number of nitro benzene ring substituents is 1. The molecular weight excluding hydrogens is 432 g/mol. The Bertz CT molecular complexity index is 1130. The van der Waals surface area contributed by atoms with Gasteiger partial charge in [0.2, 0.25) is 11.0 Å². The number of aromatic hydroxyl groups is 1. The number of rotatable bonds is 5. The number of methoxy groups -OCH3 is 2. The molecule has 0 fully saturated rings. The van der Waals surface area contributed by atoms with Crippen LogP contribution in [0.3, 0.4) is 0 Å². The van der Waals surface area contributed by atoms with Crippen LogP contribution in [0, 0.1) is 17.0 Å². The molecule has 0 saturated carbocycles. The Labute approximate surface area is 189 Å². The minimum absolute atomic E-state index is 0.000139. The van der Waals surface area contributed by atoms with E-state index >= 15 is 0 Å². The van der Waals surface area contributed by atoms with E-state index in [4.69, 9.17) is 9.47 Å². The lowest BCUT2D eigenvalue weighted by Crippen LogP contribution is -2.45. The molecule has 0 aliphatic carbocycles. The fourth-order valence-corrected chi connectivity index (χ4v) is 4.77. The molecule has 2 atom stereocenters. The first-order valence-corrected chi connectivity index (χ1v) is 10.8. The van der Waals surface area contributed by atoms with Crippen molar-refractivity contribution in [3.8, 4) is 17.4 Å². The maximum absolute atomic E-state index is 11.1. The number of hydrazine groups is 1. The molecule has 9 nitrogen and oxygen atoms in total. The van der Waals surface area contributed by atoms with E-state index in [9.17, 15) is 15.2 Å². The summed E-state index contributed by atoms with van der Waals surface area (Å²) in [6.07, 6.45) is 0.686. The standard InChI is InChI=1S/C22H24N4O5S/c1-12-9-15-10-18(30-3)19(31-4)11-17(15)20(14-5-7-16(8-6-14)26(28)29)24-25(12)22-23-21(27)13(2)32-22/h5-8,10-12,20,24,27H,9H2,1-4H3/t12-,20?/m0/s1. The number of anilines is 1. The van der Waals surface area contributed by atoms with E-state index in [1.807, 2.05) is 24.1 Å². The normalized spacial score (nSPS) is 18.1. The summed E-state index contributed by atoms with van der Waals surface area (Å²) >= 11 is 1.40. The number of aryl methyl sites for hydroxylation is 1. The average molecular weight is 457 g/mol. The van der Waals surface area contributed by atoms with Gasteiger partial charge >= 0.3 is 0 Å². The number of nitrogens with one attached hydrogen (secondary N) is 1. The fourth-order valence-electron chi connectivity index (χ4n) is 3.89. The number of aromatic nitrogens is 1. The predicted molar refractivity (Wildman–Crippen MR) is 122 cm³/mol. The number of thiazole rings is 1. The molecule has 0 saturated heterocycles. The van der Waals surface area contributed by atoms with Gasteiger partial charge in [0.1, 0.15) is 0 Å². The van der Waals surface area contributed by atoms with Gasteiger partial charge in [-0.05, 0) is 49.1 Å². The Balaban J connectivity index is 1.85. The van der Waals surface area contributed by atoms with Crippen LogP contribution >= 0.6 is 11.3 Å². The van der Waals surface area contributed by atoms with Crippen LogP contribution in [0.15, 0.2) is 36.4 Å². The molecule has 0 spiro atoms. The van der Waals surface area contributed by atoms with Gasteiger partial charge < -0.3 is 14.6 Å². The molecule has 2 aromatic carbocycles. The largest absolute Gasteiger partial charge is 0.493 e. The van der Waals surface area contributed by atoms with E-state index in [-0.39, 0.29) is 23.7 Å². The van der Waals surface area contributed by atoms with E-state index in [0.717, 1.165) is 21.6 Å². The third-order valence-electron chi connectivity index (χ3n) is 5.58. The van der Waals surface area contributed by atoms with Crippen molar-refractivity contribution in [1.29, 1.82) is 0 Å². The quantitative estimate of drug-likeness (QED) is 0.436. The lowest BCUT2D eigenvalue weighted by atomic mass is 9.92. The molecule has 1 aliphatic heterocycles. The maximum Gasteiger partial charge on any atom is 0.269 e. The summed E-state index contributed by atoms with van der Waals surface area (Å²) in [5.41, 5.74) is 6.45. The van der Waals surface area contributed by atoms with Crippen molar-refractivity contribution in [3.63, 3.8) is 0 Å². The maximum atomic E-state index is 11.1. The molecule has 0 amide bonds. The second-order valence-electron chi connectivity index (χ2n) is 7.62. The Morgan fingerprint density at radius 3 is 2.44 bits per heavy atom. The Morgan fingerprint density at radius 2 is 1.88 bits per heavy atom. The van der Waals surface area contributed by atoms with Crippen molar-refractivity contribution in [2.75, 3.05) is 19.2 Å². The predicted octanol–water partition coefficient (Wildman–Crippen LogP) is 4.13. The SMILES string of the molecule is COc1cc2c(cc1OC)C(c1ccc([N+](=O)[O-])cc1)NN(c1nc(O)c(C)s1)[C@@H](C)C2. The van der Waals surface area contributed by atoms with Gasteiger partial charge in [-0.25, -0.2) is 5.43 Å². The molecule has 0 bridgehead atoms. The zero-order valence-corrected chi connectivity index (χ0v) is 19.0. The number of nitro groups is 1. The molecule has 0 radical (unpaired) electrons. The topological polar surface area (TPSA) is 110 Å². The number of hydrogen-bond acceptors (Lipinski definition) is 9. The highest BCUT2D eigenvalue weighted by atomic mass is 32.1. The van der Waals surface area contributed by atoms with Gasteiger partial charge in [-0.15, -0.1) is 0 Å². The van der Waals surface area contributed by atoms with Gasteiger partial charge in [-0.2, -0.15) is 4.98 Å². The summed E-state index contributed by atoms with van der Waals surface area (Å²) in [7, 11) is 3.19. The number of benzene rings is 2. The summed E-state index contributed by atoms with van der Waals surface area (Å²) in [6, 6.07) is 10.1. The van der Waals surface area contributed by atoms with Crippen molar-refractivity contribution < 1.29 is 19.5 Å². The minimum atomic E-state index is -0.415. The molecule has 2 N–H and O–H groups in total. The molecule has 4 rings (SSSR count). The fraction of sp³-hybridized carbons (Fsp3) is 0.318. The van der Waals surface area contributed by atoms with Crippen LogP contribution in [0.25, 0.3) is 0 Å². The second-order valence-corrected chi connectivity index (χ2v) is 8.80. The molecule has 1 unspecified atom stereocenters. The summed E-state index contributed by atoms with van der Waals surface area (Å²) in [4.78, 5) is 15.8. The molecule has 10 heteroatoms. The number of fused-ring (bicyclic) bond motifs is 1. The van der Waals surface area contributed by atoms with Crippen molar-refractivity contribution in [2.45, 2.75) is 32.4 Å². The summed E-state index contributed by atoms with van der Waals surface area (Å²) in [5.74, 6) is 1.25. The lowest BCUT2D eigenvalue weighted by Gasteiger charge is -2.30. The highest BCUT2D eigenvalue weighted by molar-refractivity contribution is 7.15. The van der Waals surface area contributed by atoms with Gasteiger partial charge in [-0.3, -0.25) is 15.1 Å². The number of ether oxygens (including phenoxy) is 2. The van der Waals surface area contributed by atoms with Crippen molar-refractivity contribution >= 4 is 22.2 Å². The highest BCUT2D eigenvalue weighted by Gasteiger charge is 2.31. The van der Waals surface area contributed by atoms with Crippen LogP contribution < -0.4 is 19.9 Å². The third-order valence-corrected chi connectivity index (χ3v) is 6.54. The summed E-state index contributed by atoms with van der Waals surface area (Å²) < 4.78 is 11.1. The van der Waals surface area contributed by atoms with Gasteiger partial charge in [0.05, 0.1) is 30.1 Å². The molecule has 2 heterocycles. The van der Waals surface area contributed by atoms with E-state index in [2.05, 4.69) is 17.3 Å². The van der Waals surface area contributed by atoms with Crippen LogP contribution in [0.1, 0.15) is 34.5 Å². The van der Waals surface area contributed by atoms with E-state index in [1.54, 1.807) is 26.4 Å². The Hall–Kier alpha value is -3.37. The van der Waals surface area contributed by atoms with Crippen LogP contribution in [0.5, 0.6) is 17.4 Å². The van der Waals surface area contributed by atoms with Gasteiger partial charge in [-0.1, -0.05) is 23.5 Å². The number of non-ortho nitro benzene ring substituents is 1. The Kier molecular flexibility index (Phi) is 5.90. The minimum Gasteiger partial charge on any atom is -0.493 e. The van der Waals surface area contributed by atoms with Crippen LogP contribution in [-0.4, -0.2) is 35.3 Å². The number of nitrogens with zero attached hydrogens (tertiary/aromatic N) is 3. The smallest absolute Gasteiger partial charge is 0.269 e. The average Bonchev–Trinajstić information content (AvgIpc) is 3.04. The summed E-state index contributed by atoms with van der Waals surface area (Å²) in [6.45, 7) is 3.89. The molecule has 32 heavy (non-hydrogen) atoms. The van der Waals surface area contributed by atoms with Gasteiger partial charge in [0, 0.05) is 18.2 Å². The highest BCUT2D eigenvalue weighted by Crippen LogP contribution is 2.40. The van der Waals surface area contributed by atoms with E-state index in [0.29, 0.717) is 23.1 Å². The van der Waals surface area contributed by atoms with Crippen molar-refractivity contribution in [1.82, 2.24) is 10.4 Å². The van der Waals surface area contributed by atoms with Crippen molar-refractivity contribution in [2.24, 2.45) is 0 Å². The first-order chi connectivity index (χ1) is 15.3. The zero-order valence-electron chi connectivity index (χ0n) is 18.2. The van der Waals surface area contributed by atoms with E-state index in [1.165, 1.54) is 23.5 Å². The van der Waals surface area contributed by atoms with Gasteiger partial charge in [0.15, 0.2) is 11.5 Å². The third kappa shape index (κ3) is 3.94. The summed E-state index contributed by atoms with van der Waals surface area (Å²) in [5, 5.41) is 23.8. The van der Waals surface area contributed by atoms with Crippen molar-refractivity contribution in [3.05, 3.63) is 68.1 Å². The van der Waals surface area contributed by atoms with Crippen LogP contribution in [0.2, 0.25) is 0 Å². The lowest BCUT2D eigenvalue weighted by molar-refractivity contribution is -0.384. The first kappa shape index (κ1) is 21.8. The van der Waals surface area contributed by atoms with E-state index < -0.39 is 4.92 Å². The molecule has 168 valence electrons. The Morgan fingerprint density at radius 1 is 1.22 bits per heavy atom.